The van der Waals surface area contributed by atoms with E-state index >= 15 is 0 Å². The highest BCUT2D eigenvalue weighted by molar-refractivity contribution is 6.74. The lowest BCUT2D eigenvalue weighted by Gasteiger charge is -2.36. The first-order valence-corrected chi connectivity index (χ1v) is 9.91. The average Bonchev–Trinajstić information content (AvgIpc) is 2.88. The van der Waals surface area contributed by atoms with Crippen molar-refractivity contribution in [3.63, 3.8) is 0 Å². The summed E-state index contributed by atoms with van der Waals surface area (Å²) >= 11 is 0. The largest absolute Gasteiger partial charge is 0.544 e. The van der Waals surface area contributed by atoms with Gasteiger partial charge in [0.2, 0.25) is 8.32 Å². The molecule has 0 aliphatic heterocycles. The second kappa shape index (κ2) is 5.56. The molecule has 2 rings (SSSR count). The molecular weight excluding hydrogens is 278 g/mol. The molecule has 0 radical (unpaired) electrons. The quantitative estimate of drug-likeness (QED) is 0.842. The predicted molar refractivity (Wildman–Crippen MR) is 90.8 cm³/mol. The highest BCUT2D eigenvalue weighted by atomic mass is 28.4. The lowest BCUT2D eigenvalue weighted by atomic mass is 10.2. The van der Waals surface area contributed by atoms with Crippen LogP contribution in [0, 0.1) is 0 Å². The van der Waals surface area contributed by atoms with E-state index in [0.29, 0.717) is 5.69 Å². The van der Waals surface area contributed by atoms with Gasteiger partial charge in [-0.15, -0.1) is 0 Å². The Kier molecular flexibility index (Phi) is 3.14. The molecule has 0 atom stereocenters. The zero-order valence-electron chi connectivity index (χ0n) is 16.3. The number of benzene rings is 1. The summed E-state index contributed by atoms with van der Waals surface area (Å²) in [6, 6.07) is 7.68. The molecule has 0 amide bonds. The van der Waals surface area contributed by atoms with E-state index in [1.165, 1.54) is 12.4 Å². The highest BCUT2D eigenvalue weighted by Crippen LogP contribution is 2.37. The Labute approximate surface area is 132 Å². The number of aromatic nitrogens is 2. The summed E-state index contributed by atoms with van der Waals surface area (Å²) < 4.78 is 29.2. The first-order valence-electron chi connectivity index (χ1n) is 8.50. The van der Waals surface area contributed by atoms with Crippen molar-refractivity contribution in [3.8, 4) is 5.75 Å². The van der Waals surface area contributed by atoms with Gasteiger partial charge in [-0.3, -0.25) is 4.68 Å². The summed E-state index contributed by atoms with van der Waals surface area (Å²) in [6.45, 7) is 8.78. The van der Waals surface area contributed by atoms with E-state index in [1.54, 1.807) is 0 Å². The summed E-state index contributed by atoms with van der Waals surface area (Å²) in [7, 11) is -1.85. The van der Waals surface area contributed by atoms with Gasteiger partial charge in [0, 0.05) is 23.0 Å². The monoisotopic (exact) mass is 306 g/mol. The fourth-order valence-corrected chi connectivity index (χ4v) is 2.64. The average molecular weight is 307 g/mol. The van der Waals surface area contributed by atoms with Gasteiger partial charge in [0.15, 0.2) is 0 Å². The first kappa shape index (κ1) is 11.9. The number of nitrogens with zero attached hydrogens (tertiary/aromatic N) is 2. The molecule has 0 aliphatic rings. The van der Waals surface area contributed by atoms with Gasteiger partial charge in [-0.05, 0) is 42.4 Å². The van der Waals surface area contributed by atoms with E-state index in [0.717, 1.165) is 16.1 Å². The van der Waals surface area contributed by atoms with Gasteiger partial charge < -0.3 is 9.74 Å². The molecule has 1 aromatic carbocycles. The second-order valence-electron chi connectivity index (χ2n) is 6.69. The molecule has 5 heteroatoms. The van der Waals surface area contributed by atoms with Gasteiger partial charge in [0.25, 0.3) is 0 Å². The van der Waals surface area contributed by atoms with Gasteiger partial charge in [0.05, 0.1) is 11.9 Å². The number of rotatable bonds is 4. The normalized spacial score (nSPS) is 15.0. The number of hydrogen-bond acceptors (Lipinski definition) is 3. The van der Waals surface area contributed by atoms with Crippen LogP contribution in [0.2, 0.25) is 18.1 Å². The van der Waals surface area contributed by atoms with Gasteiger partial charge in [0.1, 0.15) is 5.75 Å². The van der Waals surface area contributed by atoms with Crippen LogP contribution in [-0.4, -0.2) is 18.1 Å². The van der Waals surface area contributed by atoms with Crippen molar-refractivity contribution in [2.75, 3.05) is 5.32 Å². The molecule has 4 nitrogen and oxygen atoms in total. The third kappa shape index (κ3) is 3.88. The zero-order valence-corrected chi connectivity index (χ0v) is 14.3. The zero-order chi connectivity index (χ0) is 18.2. The van der Waals surface area contributed by atoms with Crippen molar-refractivity contribution in [2.45, 2.75) is 38.9 Å². The van der Waals surface area contributed by atoms with Crippen LogP contribution >= 0.6 is 0 Å². The Morgan fingerprint density at radius 2 is 1.86 bits per heavy atom. The molecule has 0 aliphatic carbocycles. The van der Waals surface area contributed by atoms with Crippen molar-refractivity contribution in [2.24, 2.45) is 6.98 Å². The van der Waals surface area contributed by atoms with Gasteiger partial charge in [-0.25, -0.2) is 0 Å². The molecule has 1 N–H and O–H groups in total. The summed E-state index contributed by atoms with van der Waals surface area (Å²) in [4.78, 5) is 0. The fourth-order valence-electron chi connectivity index (χ4n) is 1.61. The van der Waals surface area contributed by atoms with E-state index in [4.69, 9.17) is 8.54 Å². The molecule has 21 heavy (non-hydrogen) atoms. The van der Waals surface area contributed by atoms with Gasteiger partial charge in [-0.2, -0.15) is 5.10 Å². The third-order valence-corrected chi connectivity index (χ3v) is 8.26. The molecule has 2 aromatic rings. The van der Waals surface area contributed by atoms with Gasteiger partial charge >= 0.3 is 0 Å². The molecule has 114 valence electrons. The predicted octanol–water partition coefficient (Wildman–Crippen LogP) is 4.55. The van der Waals surface area contributed by atoms with E-state index in [1.807, 2.05) is 24.3 Å². The summed E-state index contributed by atoms with van der Waals surface area (Å²) in [5, 5.41) is 7.13. The Balaban J connectivity index is 2.06. The van der Waals surface area contributed by atoms with Crippen LogP contribution in [0.4, 0.5) is 11.4 Å². The van der Waals surface area contributed by atoms with E-state index in [-0.39, 0.29) is 5.04 Å². The van der Waals surface area contributed by atoms with Crippen LogP contribution in [0.3, 0.4) is 0 Å². The van der Waals surface area contributed by atoms with Crippen LogP contribution in [-0.2, 0) is 6.98 Å². The molecule has 0 saturated carbocycles. The lowest BCUT2D eigenvalue weighted by Crippen LogP contribution is -2.43. The maximum Gasteiger partial charge on any atom is 0.250 e. The smallest absolute Gasteiger partial charge is 0.250 e. The van der Waals surface area contributed by atoms with Crippen molar-refractivity contribution in [1.82, 2.24) is 9.78 Å². The highest BCUT2D eigenvalue weighted by Gasteiger charge is 2.38. The Morgan fingerprint density at radius 3 is 2.38 bits per heavy atom. The molecule has 1 aromatic heterocycles. The number of anilines is 2. The minimum atomic E-state index is -2.26. The molecular formula is C16H25N3OSi. The topological polar surface area (TPSA) is 39.1 Å². The van der Waals surface area contributed by atoms with Crippen LogP contribution in [0.25, 0.3) is 0 Å². The first-order chi connectivity index (χ1) is 10.9. The number of hydrogen-bond donors (Lipinski definition) is 1. The van der Waals surface area contributed by atoms with E-state index < -0.39 is 15.3 Å². The lowest BCUT2D eigenvalue weighted by molar-refractivity contribution is 0.492. The van der Waals surface area contributed by atoms with Crippen molar-refractivity contribution in [3.05, 3.63) is 36.7 Å². The second-order valence-corrected chi connectivity index (χ2v) is 11.4. The van der Waals surface area contributed by atoms with Crippen molar-refractivity contribution in [1.29, 1.82) is 0 Å². The van der Waals surface area contributed by atoms with E-state index in [2.05, 4.69) is 44.3 Å². The summed E-state index contributed by atoms with van der Waals surface area (Å²) in [5.74, 6) is 0.852. The number of aryl methyl sites for hydroxylation is 1. The van der Waals surface area contributed by atoms with E-state index in [9.17, 15) is 0 Å². The molecule has 1 heterocycles. The van der Waals surface area contributed by atoms with Crippen LogP contribution in [0.1, 0.15) is 24.9 Å². The Bertz CT molecular complexity index is 688. The molecule has 0 saturated heterocycles. The van der Waals surface area contributed by atoms with Crippen LogP contribution in [0.5, 0.6) is 5.75 Å². The van der Waals surface area contributed by atoms with Crippen molar-refractivity contribution >= 4 is 19.7 Å². The van der Waals surface area contributed by atoms with Crippen LogP contribution < -0.4 is 9.74 Å². The standard InChI is InChI=1S/C16H25N3OSi/c1-16(2,3)21(5,6)20-15-9-7-13(8-10-15)18-14-11-17-19(4)12-14/h7-12,18H,1-6H3/i4D3. The Morgan fingerprint density at radius 1 is 1.19 bits per heavy atom. The maximum absolute atomic E-state index is 7.32. The molecule has 0 unspecified atom stereocenters. The van der Waals surface area contributed by atoms with Crippen LogP contribution in [0.15, 0.2) is 36.7 Å². The van der Waals surface area contributed by atoms with Crippen molar-refractivity contribution < 1.29 is 8.54 Å². The minimum Gasteiger partial charge on any atom is -0.544 e. The molecule has 0 bridgehead atoms. The summed E-state index contributed by atoms with van der Waals surface area (Å²) in [6.07, 6.45) is 2.96. The Hall–Kier alpha value is -1.75. The molecule has 0 fully saturated rings. The minimum absolute atomic E-state index is 0.147. The SMILES string of the molecule is [2H]C([2H])([2H])n1cc(Nc2ccc(O[Si](C)(C)C(C)(C)C)cc2)cn1. The fraction of sp³-hybridized carbons (Fsp3) is 0.438. The van der Waals surface area contributed by atoms with Gasteiger partial charge in [-0.1, -0.05) is 20.8 Å². The third-order valence-electron chi connectivity index (χ3n) is 3.90. The maximum atomic E-state index is 7.32. The molecule has 0 spiro atoms. The summed E-state index contributed by atoms with van der Waals surface area (Å²) in [5.41, 5.74) is 1.48. The number of nitrogens with one attached hydrogen (secondary N) is 1.